The van der Waals surface area contributed by atoms with Gasteiger partial charge in [-0.25, -0.2) is 19.4 Å². The van der Waals surface area contributed by atoms with E-state index >= 15 is 4.39 Å². The van der Waals surface area contributed by atoms with E-state index in [-0.39, 0.29) is 30.5 Å². The van der Waals surface area contributed by atoms with Crippen LogP contribution in [0.2, 0.25) is 0 Å². The number of carbonyl (C=O) groups excluding carboxylic acids is 2. The number of thioether (sulfide) groups is 1. The Labute approximate surface area is 199 Å². The van der Waals surface area contributed by atoms with E-state index in [4.69, 9.17) is 0 Å². The minimum absolute atomic E-state index is 0.0770. The Kier molecular flexibility index (Phi) is 9.27. The summed E-state index contributed by atoms with van der Waals surface area (Å²) in [5.74, 6) is -0.732. The second-order valence-electron chi connectivity index (χ2n) is 9.18. The van der Waals surface area contributed by atoms with E-state index < -0.39 is 11.7 Å². The molecule has 2 heterocycles. The predicted molar refractivity (Wildman–Crippen MR) is 125 cm³/mol. The molecule has 184 valence electrons. The highest BCUT2D eigenvalue weighted by atomic mass is 32.2. The van der Waals surface area contributed by atoms with Gasteiger partial charge in [0.15, 0.2) is 16.8 Å². The van der Waals surface area contributed by atoms with Crippen molar-refractivity contribution in [1.82, 2.24) is 25.2 Å². The molecule has 1 aliphatic carbocycles. The molecule has 2 N–H and O–H groups in total. The number of hydroxylamine groups is 2. The first-order valence-electron chi connectivity index (χ1n) is 11.5. The van der Waals surface area contributed by atoms with Gasteiger partial charge in [-0.1, -0.05) is 37.4 Å². The zero-order chi connectivity index (χ0) is 24.0. The van der Waals surface area contributed by atoms with Crippen molar-refractivity contribution in [3.05, 3.63) is 11.5 Å². The Balaban J connectivity index is 1.71. The highest BCUT2D eigenvalue weighted by Crippen LogP contribution is 2.31. The van der Waals surface area contributed by atoms with Crippen molar-refractivity contribution in [2.24, 2.45) is 11.8 Å². The van der Waals surface area contributed by atoms with E-state index in [9.17, 15) is 14.8 Å². The third kappa shape index (κ3) is 6.77. The lowest BCUT2D eigenvalue weighted by atomic mass is 9.92. The quantitative estimate of drug-likeness (QED) is 0.163. The molecule has 9 nitrogen and oxygen atoms in total. The van der Waals surface area contributed by atoms with Gasteiger partial charge < -0.3 is 15.1 Å². The van der Waals surface area contributed by atoms with Crippen LogP contribution in [0.1, 0.15) is 44.2 Å². The van der Waals surface area contributed by atoms with Gasteiger partial charge in [0.25, 0.3) is 0 Å². The summed E-state index contributed by atoms with van der Waals surface area (Å²) in [5.41, 5.74) is 0.141. The van der Waals surface area contributed by atoms with E-state index in [2.05, 4.69) is 20.2 Å². The molecule has 1 saturated carbocycles. The van der Waals surface area contributed by atoms with Gasteiger partial charge in [-0.15, -0.1) is 0 Å². The van der Waals surface area contributed by atoms with Crippen LogP contribution < -0.4 is 10.2 Å². The maximum absolute atomic E-state index is 15.4. The van der Waals surface area contributed by atoms with Crippen molar-refractivity contribution in [3.63, 3.8) is 0 Å². The van der Waals surface area contributed by atoms with Gasteiger partial charge in [-0.05, 0) is 39.1 Å². The lowest BCUT2D eigenvalue weighted by Gasteiger charge is -2.23. The summed E-state index contributed by atoms with van der Waals surface area (Å²) in [7, 11) is 4.03. The number of aromatic nitrogens is 2. The standard InChI is InChI=1S/C22H35FN6O3S/c1-27(2)17-8-9-28(13-17)20-19(23)18(25-22(26-20)33-3)11-24-21(31)16(12-29(32)14-30)10-15-6-4-5-7-15/h14-17,32H,4-13H2,1-3H3,(H,24,31)/t16-,17-/m1/s1. The summed E-state index contributed by atoms with van der Waals surface area (Å²) in [5, 5.41) is 13.4. The third-order valence-corrected chi connectivity index (χ3v) is 7.23. The van der Waals surface area contributed by atoms with Gasteiger partial charge >= 0.3 is 0 Å². The van der Waals surface area contributed by atoms with Crippen molar-refractivity contribution in [3.8, 4) is 0 Å². The lowest BCUT2D eigenvalue weighted by molar-refractivity contribution is -0.155. The number of rotatable bonds is 11. The fourth-order valence-electron chi connectivity index (χ4n) is 4.73. The van der Waals surface area contributed by atoms with E-state index in [1.165, 1.54) is 11.8 Å². The monoisotopic (exact) mass is 482 g/mol. The van der Waals surface area contributed by atoms with Crippen LogP contribution in [0.25, 0.3) is 0 Å². The van der Waals surface area contributed by atoms with Gasteiger partial charge in [-0.3, -0.25) is 14.8 Å². The lowest BCUT2D eigenvalue weighted by Crippen LogP contribution is -2.38. The SMILES string of the molecule is CSc1nc(CNC(=O)[C@H](CC2CCCC2)CN(O)C=O)c(F)c(N2CC[C@@H](N(C)C)C2)n1. The molecule has 1 aromatic heterocycles. The first-order valence-corrected chi connectivity index (χ1v) is 12.7. The van der Waals surface area contributed by atoms with Crippen LogP contribution in [0.5, 0.6) is 0 Å². The molecule has 2 aliphatic rings. The van der Waals surface area contributed by atoms with E-state index in [1.54, 1.807) is 0 Å². The van der Waals surface area contributed by atoms with Crippen molar-refractivity contribution in [2.45, 2.75) is 56.3 Å². The van der Waals surface area contributed by atoms with Crippen LogP contribution in [0.15, 0.2) is 5.16 Å². The van der Waals surface area contributed by atoms with Crippen LogP contribution in [0.4, 0.5) is 10.2 Å². The van der Waals surface area contributed by atoms with Gasteiger partial charge in [0.05, 0.1) is 19.0 Å². The molecule has 1 aliphatic heterocycles. The van der Waals surface area contributed by atoms with Crippen molar-refractivity contribution >= 4 is 29.9 Å². The second-order valence-corrected chi connectivity index (χ2v) is 9.95. The molecular formula is C22H35FN6O3S. The molecule has 0 radical (unpaired) electrons. The Morgan fingerprint density at radius 1 is 1.33 bits per heavy atom. The average Bonchev–Trinajstić information content (AvgIpc) is 3.50. The number of carbonyl (C=O) groups is 2. The minimum atomic E-state index is -0.563. The average molecular weight is 483 g/mol. The van der Waals surface area contributed by atoms with Crippen LogP contribution in [0, 0.1) is 17.7 Å². The van der Waals surface area contributed by atoms with Gasteiger partial charge in [0, 0.05) is 19.1 Å². The van der Waals surface area contributed by atoms with Crippen LogP contribution in [-0.4, -0.2) is 83.5 Å². The summed E-state index contributed by atoms with van der Waals surface area (Å²) in [6.07, 6.45) is 7.99. The summed E-state index contributed by atoms with van der Waals surface area (Å²) in [6, 6.07) is 0.329. The van der Waals surface area contributed by atoms with Crippen molar-refractivity contribution < 1.29 is 19.2 Å². The molecular weight excluding hydrogens is 447 g/mol. The highest BCUT2D eigenvalue weighted by molar-refractivity contribution is 7.98. The number of likely N-dealkylation sites (N-methyl/N-ethyl adjacent to an activating group) is 1. The smallest absolute Gasteiger partial charge is 0.233 e. The molecule has 1 aromatic rings. The molecule has 11 heteroatoms. The van der Waals surface area contributed by atoms with Gasteiger partial charge in [0.1, 0.15) is 5.69 Å². The van der Waals surface area contributed by atoms with Crippen molar-refractivity contribution in [1.29, 1.82) is 0 Å². The number of halogens is 1. The largest absolute Gasteiger partial charge is 0.352 e. The summed E-state index contributed by atoms with van der Waals surface area (Å²) >= 11 is 1.33. The summed E-state index contributed by atoms with van der Waals surface area (Å²) < 4.78 is 15.4. The summed E-state index contributed by atoms with van der Waals surface area (Å²) in [4.78, 5) is 36.6. The van der Waals surface area contributed by atoms with Gasteiger partial charge in [-0.2, -0.15) is 0 Å². The first kappa shape index (κ1) is 25.6. The minimum Gasteiger partial charge on any atom is -0.352 e. The number of anilines is 1. The molecule has 2 fully saturated rings. The third-order valence-electron chi connectivity index (χ3n) is 6.68. The number of hydrogen-bond acceptors (Lipinski definition) is 8. The number of nitrogens with one attached hydrogen (secondary N) is 1. The van der Waals surface area contributed by atoms with E-state index in [0.29, 0.717) is 48.1 Å². The molecule has 0 bridgehead atoms. The molecule has 0 aromatic carbocycles. The maximum Gasteiger partial charge on any atom is 0.233 e. The maximum atomic E-state index is 15.4. The topological polar surface area (TPSA) is 102 Å². The second kappa shape index (κ2) is 11.9. The van der Waals surface area contributed by atoms with E-state index in [1.807, 2.05) is 25.3 Å². The number of hydrogen-bond donors (Lipinski definition) is 2. The number of amides is 2. The fraction of sp³-hybridized carbons (Fsp3) is 0.727. The van der Waals surface area contributed by atoms with Crippen LogP contribution >= 0.6 is 11.8 Å². The molecule has 3 rings (SSSR count). The van der Waals surface area contributed by atoms with Crippen LogP contribution in [0.3, 0.4) is 0 Å². The van der Waals surface area contributed by atoms with Gasteiger partial charge in [0.2, 0.25) is 12.3 Å². The summed E-state index contributed by atoms with van der Waals surface area (Å²) in [6.45, 7) is 1.23. The zero-order valence-electron chi connectivity index (χ0n) is 19.7. The highest BCUT2D eigenvalue weighted by Gasteiger charge is 2.30. The Bertz CT molecular complexity index is 824. The first-order chi connectivity index (χ1) is 15.8. The Morgan fingerprint density at radius 2 is 2.06 bits per heavy atom. The number of nitrogens with zero attached hydrogens (tertiary/aromatic N) is 5. The molecule has 33 heavy (non-hydrogen) atoms. The van der Waals surface area contributed by atoms with Crippen LogP contribution in [-0.2, 0) is 16.1 Å². The fourth-order valence-corrected chi connectivity index (χ4v) is 5.11. The Hall–Kier alpha value is -1.98. The van der Waals surface area contributed by atoms with E-state index in [0.717, 1.165) is 32.1 Å². The predicted octanol–water partition coefficient (Wildman–Crippen LogP) is 2.14. The zero-order valence-corrected chi connectivity index (χ0v) is 20.5. The molecule has 0 unspecified atom stereocenters. The molecule has 2 amide bonds. The molecule has 0 spiro atoms. The Morgan fingerprint density at radius 3 is 2.67 bits per heavy atom. The van der Waals surface area contributed by atoms with Crippen molar-refractivity contribution in [2.75, 3.05) is 44.9 Å². The molecule has 1 saturated heterocycles. The normalized spacial score (nSPS) is 19.8. The molecule has 2 atom stereocenters.